The maximum absolute atomic E-state index is 4.58. The van der Waals surface area contributed by atoms with Crippen molar-refractivity contribution in [1.82, 2.24) is 9.55 Å². The van der Waals surface area contributed by atoms with Gasteiger partial charge in [0.1, 0.15) is 5.82 Å². The van der Waals surface area contributed by atoms with Crippen molar-refractivity contribution in [3.63, 3.8) is 0 Å². The van der Waals surface area contributed by atoms with Crippen molar-refractivity contribution in [2.24, 2.45) is 7.05 Å². The van der Waals surface area contributed by atoms with Crippen LogP contribution < -0.4 is 0 Å². The number of benzene rings is 1. The number of allylic oxidation sites excluding steroid dienone is 1. The van der Waals surface area contributed by atoms with Crippen molar-refractivity contribution in [3.05, 3.63) is 39.7 Å². The van der Waals surface area contributed by atoms with E-state index >= 15 is 0 Å². The summed E-state index contributed by atoms with van der Waals surface area (Å²) in [5.74, 6) is 1.62. The highest BCUT2D eigenvalue weighted by Crippen LogP contribution is 2.24. The van der Waals surface area contributed by atoms with Gasteiger partial charge in [0.2, 0.25) is 0 Å². The fourth-order valence-electron chi connectivity index (χ4n) is 2.04. The predicted octanol–water partition coefficient (Wildman–Crippen LogP) is 4.32. The van der Waals surface area contributed by atoms with Gasteiger partial charge in [0.15, 0.2) is 0 Å². The first-order chi connectivity index (χ1) is 8.13. The second kappa shape index (κ2) is 5.21. The minimum atomic E-state index is 0.549. The molecule has 0 spiro atoms. The molecule has 1 heterocycles. The summed E-state index contributed by atoms with van der Waals surface area (Å²) >= 11 is 2.27. The molecule has 0 amide bonds. The molecule has 3 heteroatoms. The Labute approximate surface area is 116 Å². The molecule has 2 aromatic rings. The van der Waals surface area contributed by atoms with Crippen molar-refractivity contribution >= 4 is 33.6 Å². The Kier molecular flexibility index (Phi) is 3.86. The smallest absolute Gasteiger partial charge is 0.106 e. The van der Waals surface area contributed by atoms with Gasteiger partial charge in [-0.25, -0.2) is 4.98 Å². The van der Waals surface area contributed by atoms with E-state index in [0.29, 0.717) is 5.92 Å². The van der Waals surface area contributed by atoms with Gasteiger partial charge in [0.05, 0.1) is 11.0 Å². The lowest BCUT2D eigenvalue weighted by Crippen LogP contribution is -1.92. The highest BCUT2D eigenvalue weighted by molar-refractivity contribution is 14.1. The minimum Gasteiger partial charge on any atom is -0.331 e. The van der Waals surface area contributed by atoms with Gasteiger partial charge in [-0.3, -0.25) is 0 Å². The van der Waals surface area contributed by atoms with Crippen molar-refractivity contribution in [2.75, 3.05) is 0 Å². The Balaban J connectivity index is 2.37. The van der Waals surface area contributed by atoms with Crippen LogP contribution in [0.1, 0.15) is 30.7 Å². The highest BCUT2D eigenvalue weighted by Gasteiger charge is 2.08. The van der Waals surface area contributed by atoms with E-state index in [1.54, 1.807) is 0 Å². The first kappa shape index (κ1) is 12.6. The molecule has 2 nitrogen and oxygen atoms in total. The molecular formula is C14H17IN2. The van der Waals surface area contributed by atoms with Crippen LogP contribution in [0.3, 0.4) is 0 Å². The molecule has 1 aromatic carbocycles. The zero-order chi connectivity index (χ0) is 12.4. The number of fused-ring (bicyclic) bond motifs is 1. The summed E-state index contributed by atoms with van der Waals surface area (Å²) in [6.45, 7) is 4.30. The Morgan fingerprint density at radius 2 is 2.24 bits per heavy atom. The number of aryl methyl sites for hydroxylation is 2. The van der Waals surface area contributed by atoms with Gasteiger partial charge in [-0.2, -0.15) is 0 Å². The first-order valence-corrected chi connectivity index (χ1v) is 7.06. The molecule has 0 bridgehead atoms. The molecule has 0 aliphatic carbocycles. The lowest BCUT2D eigenvalue weighted by atomic mass is 9.97. The Morgan fingerprint density at radius 3 is 2.94 bits per heavy atom. The van der Waals surface area contributed by atoms with Crippen molar-refractivity contribution < 1.29 is 0 Å². The van der Waals surface area contributed by atoms with Crippen LogP contribution >= 0.6 is 22.6 Å². The molecule has 0 radical (unpaired) electrons. The summed E-state index contributed by atoms with van der Waals surface area (Å²) in [7, 11) is 2.06. The van der Waals surface area contributed by atoms with Gasteiger partial charge in [-0.15, -0.1) is 0 Å². The van der Waals surface area contributed by atoms with E-state index in [1.807, 2.05) is 6.92 Å². The molecule has 0 unspecified atom stereocenters. The zero-order valence-corrected chi connectivity index (χ0v) is 12.6. The summed E-state index contributed by atoms with van der Waals surface area (Å²) in [5.41, 5.74) is 3.68. The topological polar surface area (TPSA) is 17.8 Å². The maximum atomic E-state index is 4.58. The standard InChI is InChI=1S/C14H17IN2/c1-10(5-4-8-15)12-6-7-14-13(9-12)16-11(2)17(14)3/h4,6-10H,5H2,1-3H3/b8-4+/t10-/m0/s1. The third-order valence-electron chi connectivity index (χ3n) is 3.28. The summed E-state index contributed by atoms with van der Waals surface area (Å²) in [4.78, 5) is 4.58. The second-order valence-corrected chi connectivity index (χ2v) is 5.18. The minimum absolute atomic E-state index is 0.549. The van der Waals surface area contributed by atoms with E-state index in [0.717, 1.165) is 17.8 Å². The third kappa shape index (κ3) is 2.54. The van der Waals surface area contributed by atoms with E-state index in [-0.39, 0.29) is 0 Å². The fraction of sp³-hybridized carbons (Fsp3) is 0.357. The molecule has 0 fully saturated rings. The monoisotopic (exact) mass is 340 g/mol. The van der Waals surface area contributed by atoms with Crippen LogP contribution in [0.2, 0.25) is 0 Å². The van der Waals surface area contributed by atoms with E-state index in [4.69, 9.17) is 0 Å². The molecule has 17 heavy (non-hydrogen) atoms. The predicted molar refractivity (Wildman–Crippen MR) is 81.6 cm³/mol. The van der Waals surface area contributed by atoms with Gasteiger partial charge in [0, 0.05) is 7.05 Å². The van der Waals surface area contributed by atoms with Crippen LogP contribution in [0.25, 0.3) is 11.0 Å². The van der Waals surface area contributed by atoms with Crippen LogP contribution in [0.4, 0.5) is 0 Å². The molecule has 0 saturated carbocycles. The Morgan fingerprint density at radius 1 is 1.47 bits per heavy atom. The lowest BCUT2D eigenvalue weighted by Gasteiger charge is -2.09. The lowest BCUT2D eigenvalue weighted by molar-refractivity contribution is 0.783. The molecule has 0 aliphatic rings. The van der Waals surface area contributed by atoms with E-state index in [1.165, 1.54) is 11.1 Å². The second-order valence-electron chi connectivity index (χ2n) is 4.46. The fourth-order valence-corrected chi connectivity index (χ4v) is 2.33. The van der Waals surface area contributed by atoms with Crippen molar-refractivity contribution in [3.8, 4) is 0 Å². The van der Waals surface area contributed by atoms with Crippen LogP contribution in [-0.4, -0.2) is 9.55 Å². The molecule has 0 aliphatic heterocycles. The number of halogens is 1. The van der Waals surface area contributed by atoms with Crippen LogP contribution in [-0.2, 0) is 7.05 Å². The SMILES string of the molecule is Cc1nc2cc([C@@H](C)C/C=C/I)ccc2n1C. The van der Waals surface area contributed by atoms with E-state index in [9.17, 15) is 0 Å². The number of aromatic nitrogens is 2. The van der Waals surface area contributed by atoms with Gasteiger partial charge < -0.3 is 4.57 Å². The number of rotatable bonds is 3. The summed E-state index contributed by atoms with van der Waals surface area (Å²) in [6.07, 6.45) is 3.29. The number of nitrogens with zero attached hydrogens (tertiary/aromatic N) is 2. The van der Waals surface area contributed by atoms with Gasteiger partial charge in [0.25, 0.3) is 0 Å². The number of hydrogen-bond acceptors (Lipinski definition) is 1. The first-order valence-electron chi connectivity index (χ1n) is 5.81. The molecule has 1 aromatic heterocycles. The molecule has 90 valence electrons. The van der Waals surface area contributed by atoms with Crippen molar-refractivity contribution in [2.45, 2.75) is 26.2 Å². The summed E-state index contributed by atoms with van der Waals surface area (Å²) in [5, 5.41) is 0. The van der Waals surface area contributed by atoms with Gasteiger partial charge in [-0.1, -0.05) is 41.7 Å². The van der Waals surface area contributed by atoms with Gasteiger partial charge in [-0.05, 0) is 41.0 Å². The largest absolute Gasteiger partial charge is 0.331 e. The molecular weight excluding hydrogens is 323 g/mol. The normalized spacial score (nSPS) is 13.6. The maximum Gasteiger partial charge on any atom is 0.106 e. The Bertz CT molecular complexity index is 555. The molecule has 0 saturated heterocycles. The van der Waals surface area contributed by atoms with Crippen LogP contribution in [0, 0.1) is 6.92 Å². The Hall–Kier alpha value is -0.840. The average Bonchev–Trinajstić information content (AvgIpc) is 2.61. The van der Waals surface area contributed by atoms with E-state index in [2.05, 4.69) is 74.5 Å². The molecule has 1 atom stereocenters. The number of imidazole rings is 1. The highest BCUT2D eigenvalue weighted by atomic mass is 127. The van der Waals surface area contributed by atoms with Crippen LogP contribution in [0.5, 0.6) is 0 Å². The van der Waals surface area contributed by atoms with Crippen molar-refractivity contribution in [1.29, 1.82) is 0 Å². The molecule has 2 rings (SSSR count). The van der Waals surface area contributed by atoms with Gasteiger partial charge >= 0.3 is 0 Å². The summed E-state index contributed by atoms with van der Waals surface area (Å²) in [6, 6.07) is 6.61. The van der Waals surface area contributed by atoms with Crippen LogP contribution in [0.15, 0.2) is 28.4 Å². The molecule has 0 N–H and O–H groups in total. The third-order valence-corrected chi connectivity index (χ3v) is 3.78. The van der Waals surface area contributed by atoms with E-state index < -0.39 is 0 Å². The zero-order valence-electron chi connectivity index (χ0n) is 10.4. The summed E-state index contributed by atoms with van der Waals surface area (Å²) < 4.78 is 4.21. The quantitative estimate of drug-likeness (QED) is 0.761. The average molecular weight is 340 g/mol. The number of hydrogen-bond donors (Lipinski definition) is 0.